The quantitative estimate of drug-likeness (QED) is 0.725. The summed E-state index contributed by atoms with van der Waals surface area (Å²) in [5, 5.41) is 11.5. The third-order valence-electron chi connectivity index (χ3n) is 3.49. The molecule has 102 valence electrons. The summed E-state index contributed by atoms with van der Waals surface area (Å²) in [6.07, 6.45) is -0.740. The Labute approximate surface area is 126 Å². The minimum absolute atomic E-state index is 0.580. The van der Waals surface area contributed by atoms with E-state index in [1.165, 1.54) is 5.56 Å². The van der Waals surface area contributed by atoms with Crippen LogP contribution in [0.4, 0.5) is 0 Å². The van der Waals surface area contributed by atoms with Crippen LogP contribution in [0.3, 0.4) is 0 Å². The molecule has 1 atom stereocenters. The highest BCUT2D eigenvalue weighted by Gasteiger charge is 2.17. The normalized spacial score (nSPS) is 12.8. The highest BCUT2D eigenvalue weighted by molar-refractivity contribution is 9.10. The molecule has 2 aromatic carbocycles. The number of rotatable bonds is 2. The van der Waals surface area contributed by atoms with Gasteiger partial charge in [-0.25, -0.2) is 0 Å². The third kappa shape index (κ3) is 2.39. The van der Waals surface area contributed by atoms with Gasteiger partial charge in [0.1, 0.15) is 17.4 Å². The summed E-state index contributed by atoms with van der Waals surface area (Å²) in [6, 6.07) is 13.8. The summed E-state index contributed by atoms with van der Waals surface area (Å²) in [4.78, 5) is 0. The van der Waals surface area contributed by atoms with Gasteiger partial charge in [0.2, 0.25) is 0 Å². The van der Waals surface area contributed by atoms with E-state index in [2.05, 4.69) is 22.0 Å². The van der Waals surface area contributed by atoms with Crippen molar-refractivity contribution in [1.82, 2.24) is 0 Å². The van der Waals surface area contributed by atoms with E-state index in [4.69, 9.17) is 4.42 Å². The van der Waals surface area contributed by atoms with E-state index in [-0.39, 0.29) is 0 Å². The van der Waals surface area contributed by atoms with E-state index >= 15 is 0 Å². The first kappa shape index (κ1) is 13.4. The van der Waals surface area contributed by atoms with E-state index in [0.717, 1.165) is 26.6 Å². The summed E-state index contributed by atoms with van der Waals surface area (Å²) in [7, 11) is 0. The maximum absolute atomic E-state index is 10.5. The van der Waals surface area contributed by atoms with Crippen molar-refractivity contribution in [3.8, 4) is 0 Å². The molecule has 0 saturated heterocycles. The van der Waals surface area contributed by atoms with Gasteiger partial charge in [-0.3, -0.25) is 0 Å². The van der Waals surface area contributed by atoms with Crippen LogP contribution in [0.5, 0.6) is 0 Å². The van der Waals surface area contributed by atoms with E-state index in [9.17, 15) is 5.11 Å². The zero-order valence-electron chi connectivity index (χ0n) is 11.4. The summed E-state index contributed by atoms with van der Waals surface area (Å²) >= 11 is 3.43. The number of fused-ring (bicyclic) bond motifs is 1. The Morgan fingerprint density at radius 2 is 1.85 bits per heavy atom. The van der Waals surface area contributed by atoms with Gasteiger partial charge in [-0.05, 0) is 55.3 Å². The lowest BCUT2D eigenvalue weighted by Crippen LogP contribution is -2.00. The SMILES string of the molecule is Cc1ccc2oc(C(O)c3ccc(Br)cc3C)cc2c1. The third-order valence-corrected chi connectivity index (χ3v) is 3.98. The van der Waals surface area contributed by atoms with Crippen molar-refractivity contribution in [2.75, 3.05) is 0 Å². The van der Waals surface area contributed by atoms with Gasteiger partial charge < -0.3 is 9.52 Å². The molecule has 2 nitrogen and oxygen atoms in total. The summed E-state index contributed by atoms with van der Waals surface area (Å²) in [5.74, 6) is 0.580. The van der Waals surface area contributed by atoms with Crippen LogP contribution in [-0.4, -0.2) is 5.11 Å². The standard InChI is InChI=1S/C17H15BrO2/c1-10-3-6-15-12(7-10)9-16(20-15)17(19)14-5-4-13(18)8-11(14)2/h3-9,17,19H,1-2H3. The second kappa shape index (κ2) is 5.08. The second-order valence-corrected chi connectivity index (χ2v) is 6.01. The van der Waals surface area contributed by atoms with Crippen molar-refractivity contribution in [1.29, 1.82) is 0 Å². The van der Waals surface area contributed by atoms with Gasteiger partial charge in [-0.15, -0.1) is 0 Å². The van der Waals surface area contributed by atoms with Gasteiger partial charge in [0.15, 0.2) is 0 Å². The molecule has 0 aliphatic rings. The smallest absolute Gasteiger partial charge is 0.138 e. The first-order chi connectivity index (χ1) is 9.54. The molecule has 3 aromatic rings. The fraction of sp³-hybridized carbons (Fsp3) is 0.176. The summed E-state index contributed by atoms with van der Waals surface area (Å²) in [5.41, 5.74) is 3.88. The van der Waals surface area contributed by atoms with Crippen molar-refractivity contribution >= 4 is 26.9 Å². The highest BCUT2D eigenvalue weighted by atomic mass is 79.9. The number of aryl methyl sites for hydroxylation is 2. The molecule has 0 spiro atoms. The molecule has 0 saturated carbocycles. The van der Waals surface area contributed by atoms with Crippen LogP contribution in [0.1, 0.15) is 28.6 Å². The lowest BCUT2D eigenvalue weighted by Gasteiger charge is -2.11. The zero-order chi connectivity index (χ0) is 14.3. The largest absolute Gasteiger partial charge is 0.458 e. The van der Waals surface area contributed by atoms with E-state index < -0.39 is 6.10 Å². The van der Waals surface area contributed by atoms with Gasteiger partial charge in [0.05, 0.1) is 0 Å². The first-order valence-electron chi connectivity index (χ1n) is 6.49. The molecule has 1 heterocycles. The van der Waals surface area contributed by atoms with Crippen LogP contribution in [0.15, 0.2) is 51.4 Å². The van der Waals surface area contributed by atoms with Crippen LogP contribution in [0.25, 0.3) is 11.0 Å². The number of halogens is 1. The number of aliphatic hydroxyl groups is 1. The van der Waals surface area contributed by atoms with E-state index in [0.29, 0.717) is 5.76 Å². The molecule has 0 bridgehead atoms. The zero-order valence-corrected chi connectivity index (χ0v) is 12.9. The topological polar surface area (TPSA) is 33.4 Å². The predicted octanol–water partition coefficient (Wildman–Crippen LogP) is 4.89. The van der Waals surface area contributed by atoms with Gasteiger partial charge >= 0.3 is 0 Å². The Hall–Kier alpha value is -1.58. The Balaban J connectivity index is 2.05. The van der Waals surface area contributed by atoms with E-state index in [1.807, 2.05) is 50.2 Å². The predicted molar refractivity (Wildman–Crippen MR) is 83.9 cm³/mol. The number of furan rings is 1. The van der Waals surface area contributed by atoms with Gasteiger partial charge in [-0.1, -0.05) is 33.6 Å². The van der Waals surface area contributed by atoms with Crippen molar-refractivity contribution in [2.24, 2.45) is 0 Å². The fourth-order valence-corrected chi connectivity index (χ4v) is 2.89. The van der Waals surface area contributed by atoms with Crippen molar-refractivity contribution in [3.05, 3.63) is 69.4 Å². The lowest BCUT2D eigenvalue weighted by atomic mass is 10.0. The maximum atomic E-state index is 10.5. The van der Waals surface area contributed by atoms with Crippen LogP contribution < -0.4 is 0 Å². The summed E-state index contributed by atoms with van der Waals surface area (Å²) in [6.45, 7) is 4.03. The Kier molecular flexibility index (Phi) is 3.40. The molecule has 1 N–H and O–H groups in total. The maximum Gasteiger partial charge on any atom is 0.138 e. The molecule has 20 heavy (non-hydrogen) atoms. The molecule has 0 radical (unpaired) electrons. The second-order valence-electron chi connectivity index (χ2n) is 5.09. The van der Waals surface area contributed by atoms with Crippen molar-refractivity contribution < 1.29 is 9.52 Å². The molecule has 0 aliphatic heterocycles. The first-order valence-corrected chi connectivity index (χ1v) is 7.28. The van der Waals surface area contributed by atoms with Gasteiger partial charge in [0.25, 0.3) is 0 Å². The average Bonchev–Trinajstić information content (AvgIpc) is 2.81. The molecule has 1 aromatic heterocycles. The monoisotopic (exact) mass is 330 g/mol. The molecule has 3 heteroatoms. The fourth-order valence-electron chi connectivity index (χ4n) is 2.42. The number of aliphatic hydroxyl groups excluding tert-OH is 1. The highest BCUT2D eigenvalue weighted by Crippen LogP contribution is 2.31. The molecule has 1 unspecified atom stereocenters. The minimum Gasteiger partial charge on any atom is -0.458 e. The van der Waals surface area contributed by atoms with Crippen LogP contribution in [-0.2, 0) is 0 Å². The average molecular weight is 331 g/mol. The van der Waals surface area contributed by atoms with Crippen LogP contribution >= 0.6 is 15.9 Å². The van der Waals surface area contributed by atoms with Crippen LogP contribution in [0.2, 0.25) is 0 Å². The molecule has 0 fully saturated rings. The number of hydrogen-bond acceptors (Lipinski definition) is 2. The Bertz CT molecular complexity index is 774. The van der Waals surface area contributed by atoms with Crippen molar-refractivity contribution in [3.63, 3.8) is 0 Å². The van der Waals surface area contributed by atoms with Crippen LogP contribution in [0, 0.1) is 13.8 Å². The minimum atomic E-state index is -0.740. The molecule has 0 amide bonds. The Morgan fingerprint density at radius 1 is 1.05 bits per heavy atom. The lowest BCUT2D eigenvalue weighted by molar-refractivity contribution is 0.191. The molecule has 3 rings (SSSR count). The van der Waals surface area contributed by atoms with Gasteiger partial charge in [0, 0.05) is 9.86 Å². The number of hydrogen-bond donors (Lipinski definition) is 1. The Morgan fingerprint density at radius 3 is 2.60 bits per heavy atom. The molecule has 0 aliphatic carbocycles. The van der Waals surface area contributed by atoms with E-state index in [1.54, 1.807) is 0 Å². The van der Waals surface area contributed by atoms with Crippen molar-refractivity contribution in [2.45, 2.75) is 20.0 Å². The summed E-state index contributed by atoms with van der Waals surface area (Å²) < 4.78 is 6.77. The molecular weight excluding hydrogens is 316 g/mol. The molecular formula is C17H15BrO2. The number of benzene rings is 2. The van der Waals surface area contributed by atoms with Gasteiger partial charge in [-0.2, -0.15) is 0 Å².